The number of carbonyl (C=O) groups excluding carboxylic acids is 1. The Kier molecular flexibility index (Phi) is 7.47. The highest BCUT2D eigenvalue weighted by molar-refractivity contribution is 7.87. The van der Waals surface area contributed by atoms with Gasteiger partial charge in [-0.25, -0.2) is 9.11 Å². The third-order valence-corrected chi connectivity index (χ3v) is 7.42. The van der Waals surface area contributed by atoms with E-state index >= 15 is 0 Å². The molecule has 1 aromatic heterocycles. The molecule has 1 aromatic carbocycles. The van der Waals surface area contributed by atoms with Gasteiger partial charge in [0.1, 0.15) is 12.0 Å². The Labute approximate surface area is 194 Å². The smallest absolute Gasteiger partial charge is 0.303 e. The molecular weight excluding hydrogens is 445 g/mol. The predicted octanol–water partition coefficient (Wildman–Crippen LogP) is 3.10. The van der Waals surface area contributed by atoms with E-state index in [1.807, 2.05) is 25.8 Å². The van der Waals surface area contributed by atoms with Crippen LogP contribution >= 0.6 is 0 Å². The van der Waals surface area contributed by atoms with Crippen LogP contribution in [0.5, 0.6) is 0 Å². The fourth-order valence-corrected chi connectivity index (χ4v) is 5.16. The minimum absolute atomic E-state index is 0.113. The van der Waals surface area contributed by atoms with Gasteiger partial charge in [0.2, 0.25) is 5.91 Å². The lowest BCUT2D eigenvalue weighted by atomic mass is 9.88. The van der Waals surface area contributed by atoms with Gasteiger partial charge in [-0.1, -0.05) is 20.4 Å². The van der Waals surface area contributed by atoms with E-state index in [0.29, 0.717) is 35.2 Å². The van der Waals surface area contributed by atoms with Crippen LogP contribution in [0.2, 0.25) is 0 Å². The minimum atomic E-state index is -4.03. The van der Waals surface area contributed by atoms with E-state index in [9.17, 15) is 17.6 Å². The second-order valence-corrected chi connectivity index (χ2v) is 10.3. The number of likely N-dealkylation sites (tertiary alicyclic amines) is 1. The largest absolute Gasteiger partial charge is 0.361 e. The molecule has 1 aliphatic rings. The van der Waals surface area contributed by atoms with Gasteiger partial charge in [-0.15, -0.1) is 4.98 Å². The molecule has 8 nitrogen and oxygen atoms in total. The highest BCUT2D eigenvalue weighted by Gasteiger charge is 2.32. The van der Waals surface area contributed by atoms with Crippen molar-refractivity contribution in [3.8, 4) is 11.1 Å². The number of aromatic nitrogens is 1. The molecule has 3 rings (SSSR count). The van der Waals surface area contributed by atoms with Crippen molar-refractivity contribution in [1.29, 1.82) is 0 Å². The van der Waals surface area contributed by atoms with Crippen LogP contribution in [-0.2, 0) is 21.4 Å². The van der Waals surface area contributed by atoms with Crippen LogP contribution in [0, 0.1) is 12.4 Å². The normalized spacial score (nSPS) is 16.8. The fraction of sp³-hybridized carbons (Fsp3) is 0.435. The third-order valence-electron chi connectivity index (χ3n) is 5.88. The van der Waals surface area contributed by atoms with Crippen LogP contribution in [0.25, 0.3) is 16.0 Å². The van der Waals surface area contributed by atoms with E-state index in [2.05, 4.69) is 14.6 Å². The first-order valence-corrected chi connectivity index (χ1v) is 12.1. The Morgan fingerprint density at radius 3 is 2.73 bits per heavy atom. The Morgan fingerprint density at radius 2 is 2.12 bits per heavy atom. The van der Waals surface area contributed by atoms with Crippen molar-refractivity contribution in [2.75, 3.05) is 27.2 Å². The van der Waals surface area contributed by atoms with Crippen LogP contribution in [0.15, 0.2) is 30.5 Å². The molecule has 1 unspecified atom stereocenters. The van der Waals surface area contributed by atoms with Crippen molar-refractivity contribution in [3.63, 3.8) is 0 Å². The standard InChI is InChI=1S/C23H28FN5O3S/c1-15(2)19-11-17(24)12-20(16-6-8-26-22(10-16)25-3)21(19)13-23(30)27-33(31,32)29(5)18-7-9-28(4)14-18/h6,8,10-12,15,18H,7,9,13-14H2,1-2,4-5H3,(H,27,30). The lowest BCUT2D eigenvalue weighted by Crippen LogP contribution is -2.47. The molecule has 0 radical (unpaired) electrons. The van der Waals surface area contributed by atoms with Gasteiger partial charge in [-0.3, -0.25) is 4.79 Å². The van der Waals surface area contributed by atoms with Crippen LogP contribution in [0.1, 0.15) is 37.3 Å². The maximum Gasteiger partial charge on any atom is 0.303 e. The Balaban J connectivity index is 1.93. The zero-order valence-corrected chi connectivity index (χ0v) is 20.0. The van der Waals surface area contributed by atoms with Crippen molar-refractivity contribution in [3.05, 3.63) is 58.8 Å². The Bertz CT molecular complexity index is 1190. The first-order chi connectivity index (χ1) is 15.5. The van der Waals surface area contributed by atoms with E-state index in [-0.39, 0.29) is 24.2 Å². The van der Waals surface area contributed by atoms with Gasteiger partial charge in [0.25, 0.3) is 5.82 Å². The van der Waals surface area contributed by atoms with Gasteiger partial charge in [0.05, 0.1) is 6.42 Å². The van der Waals surface area contributed by atoms with Crippen LogP contribution in [0.4, 0.5) is 10.2 Å². The molecule has 1 amide bonds. The van der Waals surface area contributed by atoms with Gasteiger partial charge >= 0.3 is 10.2 Å². The van der Waals surface area contributed by atoms with Gasteiger partial charge in [0, 0.05) is 19.6 Å². The van der Waals surface area contributed by atoms with Crippen molar-refractivity contribution < 1.29 is 17.6 Å². The first-order valence-electron chi connectivity index (χ1n) is 10.6. The van der Waals surface area contributed by atoms with Gasteiger partial charge in [-0.05, 0) is 72.5 Å². The zero-order valence-electron chi connectivity index (χ0n) is 19.2. The second-order valence-electron chi connectivity index (χ2n) is 8.62. The molecule has 2 heterocycles. The molecule has 1 N–H and O–H groups in total. The number of pyridine rings is 1. The Morgan fingerprint density at radius 1 is 1.39 bits per heavy atom. The third kappa shape index (κ3) is 5.74. The Hall–Kier alpha value is -2.87. The number of rotatable bonds is 7. The average Bonchev–Trinajstić information content (AvgIpc) is 3.19. The minimum Gasteiger partial charge on any atom is -0.361 e. The molecule has 0 saturated carbocycles. The van der Waals surface area contributed by atoms with Crippen LogP contribution in [0.3, 0.4) is 0 Å². The van der Waals surface area contributed by atoms with E-state index in [1.165, 1.54) is 35.7 Å². The summed E-state index contributed by atoms with van der Waals surface area (Å²) < 4.78 is 43.5. The van der Waals surface area contributed by atoms with Crippen molar-refractivity contribution in [2.45, 2.75) is 38.6 Å². The zero-order chi connectivity index (χ0) is 24.3. The number of likely N-dealkylation sites (N-methyl/N-ethyl adjacent to an activating group) is 2. The molecule has 10 heteroatoms. The predicted molar refractivity (Wildman–Crippen MR) is 124 cm³/mol. The second kappa shape index (κ2) is 9.95. The highest BCUT2D eigenvalue weighted by atomic mass is 32.2. The van der Waals surface area contributed by atoms with Crippen molar-refractivity contribution in [2.24, 2.45) is 0 Å². The summed E-state index contributed by atoms with van der Waals surface area (Å²) in [7, 11) is -0.651. The number of hydrogen-bond acceptors (Lipinski definition) is 5. The maximum absolute atomic E-state index is 14.5. The molecular formula is C23H28FN5O3S. The number of nitrogens with zero attached hydrogens (tertiary/aromatic N) is 4. The molecule has 1 aliphatic heterocycles. The summed E-state index contributed by atoms with van der Waals surface area (Å²) in [6.45, 7) is 12.3. The monoisotopic (exact) mass is 473 g/mol. The highest BCUT2D eigenvalue weighted by Crippen LogP contribution is 2.33. The molecule has 0 spiro atoms. The maximum atomic E-state index is 14.5. The van der Waals surface area contributed by atoms with Crippen LogP contribution in [-0.4, -0.2) is 61.7 Å². The lowest BCUT2D eigenvalue weighted by molar-refractivity contribution is -0.118. The van der Waals surface area contributed by atoms with E-state index in [4.69, 9.17) is 6.57 Å². The summed E-state index contributed by atoms with van der Waals surface area (Å²) in [4.78, 5) is 22.2. The molecule has 176 valence electrons. The summed E-state index contributed by atoms with van der Waals surface area (Å²) in [6, 6.07) is 5.61. The van der Waals surface area contributed by atoms with Crippen molar-refractivity contribution in [1.82, 2.24) is 18.9 Å². The summed E-state index contributed by atoms with van der Waals surface area (Å²) in [5.41, 5.74) is 2.09. The number of amides is 1. The summed E-state index contributed by atoms with van der Waals surface area (Å²) in [5, 5.41) is 0. The molecule has 1 fully saturated rings. The van der Waals surface area contributed by atoms with E-state index in [0.717, 1.165) is 6.54 Å². The number of halogens is 1. The van der Waals surface area contributed by atoms with Gasteiger partial charge < -0.3 is 9.74 Å². The SMILES string of the molecule is [C-]#[N+]c1cc(-c2cc(F)cc(C(C)C)c2CC(=O)NS(=O)(=O)N(C)C2CCN(C)C2)ccn1. The molecule has 0 aliphatic carbocycles. The molecule has 1 saturated heterocycles. The van der Waals surface area contributed by atoms with E-state index < -0.39 is 21.9 Å². The molecule has 1 atom stereocenters. The number of carbonyl (C=O) groups is 1. The topological polar surface area (TPSA) is 87.0 Å². The van der Waals surface area contributed by atoms with Gasteiger partial charge in [-0.2, -0.15) is 12.7 Å². The first kappa shape index (κ1) is 24.8. The molecule has 0 bridgehead atoms. The summed E-state index contributed by atoms with van der Waals surface area (Å²) in [6.07, 6.45) is 1.88. The number of nitrogens with one attached hydrogen (secondary N) is 1. The fourth-order valence-electron chi connectivity index (χ4n) is 4.09. The number of benzene rings is 1. The lowest BCUT2D eigenvalue weighted by Gasteiger charge is -2.24. The quantitative estimate of drug-likeness (QED) is 0.625. The van der Waals surface area contributed by atoms with Crippen LogP contribution < -0.4 is 4.72 Å². The average molecular weight is 474 g/mol. The van der Waals surface area contributed by atoms with E-state index in [1.54, 1.807) is 6.07 Å². The molecule has 2 aromatic rings. The van der Waals surface area contributed by atoms with Crippen molar-refractivity contribution >= 4 is 21.9 Å². The summed E-state index contributed by atoms with van der Waals surface area (Å²) in [5.74, 6) is -1.15. The summed E-state index contributed by atoms with van der Waals surface area (Å²) >= 11 is 0. The number of hydrogen-bond donors (Lipinski definition) is 1. The van der Waals surface area contributed by atoms with Gasteiger partial charge in [0.15, 0.2) is 0 Å². The molecule has 33 heavy (non-hydrogen) atoms.